The zero-order valence-corrected chi connectivity index (χ0v) is 62.1. The molecule has 0 unspecified atom stereocenters. The van der Waals surface area contributed by atoms with Crippen molar-refractivity contribution in [2.24, 2.45) is 20.0 Å². The van der Waals surface area contributed by atoms with Gasteiger partial charge >= 0.3 is 84.3 Å². The largest absolute Gasteiger partial charge is 2.00 e. The molecule has 0 bridgehead atoms. The van der Waals surface area contributed by atoms with Crippen LogP contribution in [-0.4, -0.2) is 62.9 Å². The van der Waals surface area contributed by atoms with Crippen molar-refractivity contribution < 1.29 is 84.3 Å². The van der Waals surface area contributed by atoms with Crippen molar-refractivity contribution in [3.05, 3.63) is 335 Å². The molecule has 0 saturated heterocycles. The molecule has 0 atom stereocenters. The van der Waals surface area contributed by atoms with Crippen LogP contribution in [0.25, 0.3) is 45.6 Å². The molecule has 0 amide bonds. The third-order valence-electron chi connectivity index (χ3n) is 15.2. The fourth-order valence-corrected chi connectivity index (χ4v) is 10.7. The maximum absolute atomic E-state index is 4.74. The Labute approximate surface area is 627 Å². The first-order valence-electron chi connectivity index (χ1n) is 30.9. The summed E-state index contributed by atoms with van der Waals surface area (Å²) in [6.07, 6.45) is 28.7. The Balaban J connectivity index is 0.000000151. The number of aromatic nitrogens is 12. The standard InChI is InChI=1S/2C20H16N4.2C19H14N4.4Pt/c1-14-11-20(24-23-14)16-6-2-5-15(12-16)13-17-7-3-8-19(22-17)18-9-4-10-21-18;1-14-11-20(24-23-14)19-8-3-7-17(22-19)13-15-5-2-6-16(12-15)18-9-4-10-21-18;1-4-14(12-15(5-1)19-21-10-11-22-19)13-16-6-2-7-18(23-16)17-8-3-9-20-17;1-4-14(12-15(5-1)17-8-3-9-20-17)13-16-6-2-7-18(23-16)19-21-10-11-22-19;;;;/h2*2-8,10-11H,9,13H2,1H3;2*1-7,9-11H,8,13H2;;;;/q4*-2;4*+2. The van der Waals surface area contributed by atoms with Gasteiger partial charge in [-0.1, -0.05) is 91.2 Å². The van der Waals surface area contributed by atoms with Crippen LogP contribution in [0.1, 0.15) is 105 Å². The summed E-state index contributed by atoms with van der Waals surface area (Å²) in [5.41, 5.74) is 23.6. The van der Waals surface area contributed by atoms with Crippen LogP contribution in [0.3, 0.4) is 0 Å². The van der Waals surface area contributed by atoms with E-state index in [0.717, 1.165) is 187 Å². The summed E-state index contributed by atoms with van der Waals surface area (Å²) < 4.78 is 0. The number of imidazole rings is 2. The fraction of sp³-hybridized carbons (Fsp3) is 0.128. The fourth-order valence-electron chi connectivity index (χ4n) is 10.7. The summed E-state index contributed by atoms with van der Waals surface area (Å²) in [5.74, 6) is 1.37. The summed E-state index contributed by atoms with van der Waals surface area (Å²) in [6, 6.07) is 66.2. The molecule has 4 aromatic carbocycles. The van der Waals surface area contributed by atoms with E-state index in [1.54, 1.807) is 24.8 Å². The van der Waals surface area contributed by atoms with E-state index >= 15 is 0 Å². The molecule has 98 heavy (non-hydrogen) atoms. The normalized spacial score (nSPS) is 12.8. The average Bonchev–Trinajstić information content (AvgIpc) is 1.54. The molecule has 492 valence electrons. The molecule has 0 fully saturated rings. The molecule has 0 aliphatic carbocycles. The van der Waals surface area contributed by atoms with Gasteiger partial charge in [0.2, 0.25) is 0 Å². The number of hydrogen-bond acceptors (Lipinski definition) is 12. The molecule has 12 heterocycles. The van der Waals surface area contributed by atoms with Gasteiger partial charge in [-0.2, -0.15) is 11.1 Å². The van der Waals surface area contributed by atoms with Gasteiger partial charge in [0.05, 0.1) is 28.5 Å². The average molecular weight is 2000 g/mol. The smallest absolute Gasteiger partial charge is 0.619 e. The van der Waals surface area contributed by atoms with E-state index in [-0.39, 0.29) is 84.3 Å². The van der Waals surface area contributed by atoms with Gasteiger partial charge in [0, 0.05) is 77.5 Å². The van der Waals surface area contributed by atoms with Crippen LogP contribution in [0, 0.1) is 38.1 Å². The molecule has 0 spiro atoms. The summed E-state index contributed by atoms with van der Waals surface area (Å²) in [4.78, 5) is 53.1. The Kier molecular flexibility index (Phi) is 27.1. The van der Waals surface area contributed by atoms with E-state index in [9.17, 15) is 0 Å². The quantitative estimate of drug-likeness (QED) is 0.0828. The second-order valence-electron chi connectivity index (χ2n) is 22.3. The molecule has 0 radical (unpaired) electrons. The second kappa shape index (κ2) is 36.3. The third kappa shape index (κ3) is 19.9. The van der Waals surface area contributed by atoms with Gasteiger partial charge in [-0.05, 0) is 118 Å². The van der Waals surface area contributed by atoms with Crippen molar-refractivity contribution >= 4 is 22.8 Å². The number of aliphatic imine (C=N–C) groups is 4. The monoisotopic (exact) mass is 2000 g/mol. The molecule has 0 saturated carbocycles. The van der Waals surface area contributed by atoms with E-state index in [1.165, 1.54) is 0 Å². The summed E-state index contributed by atoms with van der Waals surface area (Å²) in [6.45, 7) is 3.87. The number of benzene rings is 4. The number of allylic oxidation sites excluding steroid dienone is 4. The first-order chi connectivity index (χ1) is 46.3. The first-order valence-corrected chi connectivity index (χ1v) is 30.9. The molecule has 12 aromatic rings. The Morgan fingerprint density at radius 1 is 0.347 bits per heavy atom. The molecular formula is C78H60N16Pt4. The van der Waals surface area contributed by atoms with Gasteiger partial charge < -0.3 is 50.3 Å². The second-order valence-corrected chi connectivity index (χ2v) is 22.3. The number of hydrogen-bond donors (Lipinski definition) is 0. The van der Waals surface area contributed by atoms with Crippen molar-refractivity contribution in [1.29, 1.82) is 0 Å². The van der Waals surface area contributed by atoms with Crippen LogP contribution < -0.4 is 20.2 Å². The molecule has 4 aliphatic heterocycles. The molecule has 16 rings (SSSR count). The van der Waals surface area contributed by atoms with E-state index < -0.39 is 0 Å². The summed E-state index contributed by atoms with van der Waals surface area (Å²) >= 11 is 0. The van der Waals surface area contributed by atoms with Crippen molar-refractivity contribution in [2.45, 2.75) is 65.2 Å². The maximum Gasteiger partial charge on any atom is 2.00 e. The van der Waals surface area contributed by atoms with Crippen molar-refractivity contribution in [2.75, 3.05) is 0 Å². The molecule has 0 N–H and O–H groups in total. The maximum atomic E-state index is 4.74. The zero-order chi connectivity index (χ0) is 63.7. The first kappa shape index (κ1) is 73.0. The number of pyridine rings is 4. The predicted octanol–water partition coefficient (Wildman–Crippen LogP) is 13.4. The van der Waals surface area contributed by atoms with Crippen molar-refractivity contribution in [1.82, 2.24) is 60.3 Å². The van der Waals surface area contributed by atoms with Crippen LogP contribution in [0.15, 0.2) is 252 Å². The predicted molar refractivity (Wildman–Crippen MR) is 366 cm³/mol. The molecule has 16 nitrogen and oxygen atoms in total. The summed E-state index contributed by atoms with van der Waals surface area (Å²) in [5, 5.41) is 16.4. The van der Waals surface area contributed by atoms with Gasteiger partial charge in [-0.15, -0.1) is 136 Å². The Bertz CT molecular complexity index is 4560. The van der Waals surface area contributed by atoms with Gasteiger partial charge in [-0.3, -0.25) is 29.9 Å². The molecule has 20 heteroatoms. The summed E-state index contributed by atoms with van der Waals surface area (Å²) in [7, 11) is 0. The van der Waals surface area contributed by atoms with Crippen molar-refractivity contribution in [3.8, 4) is 45.6 Å². The number of nitrogens with zero attached hydrogens (tertiary/aromatic N) is 16. The van der Waals surface area contributed by atoms with Crippen LogP contribution in [0.5, 0.6) is 0 Å². The van der Waals surface area contributed by atoms with E-state index in [0.29, 0.717) is 11.6 Å². The minimum absolute atomic E-state index is 0. The van der Waals surface area contributed by atoms with E-state index in [1.807, 2.05) is 166 Å². The Morgan fingerprint density at radius 3 is 1.10 bits per heavy atom. The van der Waals surface area contributed by atoms with Crippen LogP contribution >= 0.6 is 0 Å². The molecular weight excluding hydrogens is 1940 g/mol. The van der Waals surface area contributed by atoms with Gasteiger partial charge in [-0.25, -0.2) is 5.69 Å². The molecule has 8 aromatic heterocycles. The SMILES string of the molecule is Cc1cc(-c2[c-]c(Cc3cccc(C4=NC=CC4)n3)ccc2)[n-]n1.Cc1cc(-c2cccc(Cc3[c-]c(C4=NC=CC4)ccc3)n2)[n-]n1.[Pt+2].[Pt+2].[Pt+2].[Pt+2].[c-]1c(Cc2cccc(-c3ncc[n-]3)n2)cccc1C1=NC=CC1.[c-]1c(Cc2cccc(C3=NC=CC3)n2)cccc1-c1ncc[n-]1. The molecule has 4 aliphatic rings. The van der Waals surface area contributed by atoms with E-state index in [2.05, 4.69) is 144 Å². The van der Waals surface area contributed by atoms with Crippen LogP contribution in [-0.2, 0) is 110 Å². The van der Waals surface area contributed by atoms with Crippen LogP contribution in [0.4, 0.5) is 0 Å². The van der Waals surface area contributed by atoms with Gasteiger partial charge in [0.1, 0.15) is 0 Å². The number of aryl methyl sites for hydroxylation is 2. The minimum atomic E-state index is 0. The third-order valence-corrected chi connectivity index (χ3v) is 15.2. The van der Waals surface area contributed by atoms with E-state index in [4.69, 9.17) is 15.0 Å². The van der Waals surface area contributed by atoms with Gasteiger partial charge in [0.15, 0.2) is 0 Å². The van der Waals surface area contributed by atoms with Gasteiger partial charge in [0.25, 0.3) is 0 Å². The van der Waals surface area contributed by atoms with Crippen LogP contribution in [0.2, 0.25) is 0 Å². The topological polar surface area (TPSA) is 209 Å². The zero-order valence-electron chi connectivity index (χ0n) is 53.0. The minimum Gasteiger partial charge on any atom is -0.619 e. The number of rotatable bonds is 16. The Hall–Kier alpha value is -9.29. The Morgan fingerprint density at radius 2 is 0.694 bits per heavy atom. The van der Waals surface area contributed by atoms with Crippen molar-refractivity contribution in [3.63, 3.8) is 0 Å².